The molecule has 1 atom stereocenters. The van der Waals surface area contributed by atoms with Crippen LogP contribution in [0.15, 0.2) is 30.3 Å². The molecule has 0 unspecified atom stereocenters. The minimum Gasteiger partial charge on any atom is -0.453 e. The lowest BCUT2D eigenvalue weighted by Gasteiger charge is -2.19. The second-order valence-corrected chi connectivity index (χ2v) is 4.66. The third-order valence-corrected chi connectivity index (χ3v) is 2.89. The first-order valence-corrected chi connectivity index (χ1v) is 6.30. The Balaban J connectivity index is 2.56. The summed E-state index contributed by atoms with van der Waals surface area (Å²) < 4.78 is 4.37. The van der Waals surface area contributed by atoms with Gasteiger partial charge in [0.05, 0.1) is 7.11 Å². The fourth-order valence-corrected chi connectivity index (χ4v) is 1.92. The molecule has 0 radical (unpaired) electrons. The molecule has 1 rings (SSSR count). The van der Waals surface area contributed by atoms with Gasteiger partial charge in [-0.15, -0.1) is 0 Å². The number of ether oxygens (including phenoxy) is 1. The van der Waals surface area contributed by atoms with Crippen LogP contribution in [-0.2, 0) is 9.53 Å². The number of quaternary nitrogens is 1. The third kappa shape index (κ3) is 5.09. The van der Waals surface area contributed by atoms with Gasteiger partial charge >= 0.3 is 6.09 Å². The summed E-state index contributed by atoms with van der Waals surface area (Å²) in [7, 11) is 1.23. The van der Waals surface area contributed by atoms with Crippen LogP contribution in [0.3, 0.4) is 0 Å². The van der Waals surface area contributed by atoms with Crippen LogP contribution < -0.4 is 10.6 Å². The van der Waals surface area contributed by atoms with E-state index in [-0.39, 0.29) is 18.5 Å². The van der Waals surface area contributed by atoms with E-state index in [1.165, 1.54) is 12.7 Å². The molecule has 0 spiro atoms. The Labute approximate surface area is 113 Å². The van der Waals surface area contributed by atoms with Gasteiger partial charge in [-0.05, 0) is 0 Å². The molecule has 0 aromatic heterocycles. The van der Waals surface area contributed by atoms with Gasteiger partial charge < -0.3 is 10.1 Å². The van der Waals surface area contributed by atoms with Gasteiger partial charge in [-0.3, -0.25) is 10.1 Å². The second kappa shape index (κ2) is 7.53. The van der Waals surface area contributed by atoms with Crippen LogP contribution in [0.5, 0.6) is 0 Å². The summed E-state index contributed by atoms with van der Waals surface area (Å²) in [5.41, 5.74) is 1.17. The molecule has 1 aromatic rings. The molecule has 0 heterocycles. The zero-order chi connectivity index (χ0) is 14.3. The number of methoxy groups -OCH3 is 1. The van der Waals surface area contributed by atoms with Crippen molar-refractivity contribution in [2.45, 2.75) is 19.9 Å². The van der Waals surface area contributed by atoms with Crippen LogP contribution in [-0.4, -0.2) is 25.7 Å². The molecule has 1 aromatic carbocycles. The van der Waals surface area contributed by atoms with Crippen molar-refractivity contribution in [3.05, 3.63) is 35.9 Å². The largest absolute Gasteiger partial charge is 0.453 e. The lowest BCUT2D eigenvalue weighted by Crippen LogP contribution is -2.88. The Kier molecular flexibility index (Phi) is 6.02. The van der Waals surface area contributed by atoms with E-state index in [4.69, 9.17) is 0 Å². The number of carbonyl (C=O) groups is 2. The lowest BCUT2D eigenvalue weighted by molar-refractivity contribution is -0.692. The first-order valence-electron chi connectivity index (χ1n) is 6.30. The van der Waals surface area contributed by atoms with E-state index in [1.54, 1.807) is 0 Å². The van der Waals surface area contributed by atoms with Crippen LogP contribution in [0.4, 0.5) is 4.79 Å². The lowest BCUT2D eigenvalue weighted by atomic mass is 9.96. The van der Waals surface area contributed by atoms with Crippen LogP contribution >= 0.6 is 0 Å². The zero-order valence-corrected chi connectivity index (χ0v) is 11.6. The van der Waals surface area contributed by atoms with Gasteiger partial charge in [0, 0.05) is 11.5 Å². The summed E-state index contributed by atoms with van der Waals surface area (Å²) in [5.74, 6) is 0.0294. The second-order valence-electron chi connectivity index (χ2n) is 4.66. The van der Waals surface area contributed by atoms with E-state index >= 15 is 0 Å². The van der Waals surface area contributed by atoms with Crippen molar-refractivity contribution in [1.82, 2.24) is 5.32 Å². The van der Waals surface area contributed by atoms with Crippen LogP contribution in [0.25, 0.3) is 0 Å². The van der Waals surface area contributed by atoms with Gasteiger partial charge in [0.1, 0.15) is 6.04 Å². The molecule has 0 aliphatic heterocycles. The molecule has 0 aliphatic carbocycles. The molecule has 19 heavy (non-hydrogen) atoms. The number of alkyl carbamates (subject to hydrolysis) is 1. The summed E-state index contributed by atoms with van der Waals surface area (Å²) in [6, 6.07) is 10.2. The third-order valence-electron chi connectivity index (χ3n) is 2.89. The molecule has 0 saturated heterocycles. The number of hydrogen-bond donors (Lipinski definition) is 2. The predicted octanol–water partition coefficient (Wildman–Crippen LogP) is 0.830. The number of nitrogens with two attached hydrogens (primary N) is 1. The molecule has 104 valence electrons. The van der Waals surface area contributed by atoms with E-state index in [9.17, 15) is 9.59 Å². The summed E-state index contributed by atoms with van der Waals surface area (Å²) >= 11 is 0. The summed E-state index contributed by atoms with van der Waals surface area (Å²) in [5, 5.41) is 4.07. The van der Waals surface area contributed by atoms with Gasteiger partial charge in [-0.25, -0.2) is 4.79 Å². The maximum atomic E-state index is 11.5. The standard InChI is InChI=1S/C14H20N2O3/c1-10(2)13(11-7-5-4-6-8-11)15-9-12(17)16-14(18)19-3/h4-8,10,13,15H,9H2,1-3H3,(H,16,17,18)/p+1/t13-/m1/s1. The quantitative estimate of drug-likeness (QED) is 0.828. The summed E-state index contributed by atoms with van der Waals surface area (Å²) in [4.78, 5) is 22.4. The number of amides is 2. The normalized spacial score (nSPS) is 12.0. The highest BCUT2D eigenvalue weighted by molar-refractivity contribution is 5.92. The Hall–Kier alpha value is -1.88. The Morgan fingerprint density at radius 1 is 1.26 bits per heavy atom. The number of rotatable bonds is 5. The van der Waals surface area contributed by atoms with Crippen LogP contribution in [0.2, 0.25) is 0 Å². The van der Waals surface area contributed by atoms with Crippen molar-refractivity contribution in [3.63, 3.8) is 0 Å². The molecule has 0 aliphatic rings. The van der Waals surface area contributed by atoms with Crippen molar-refractivity contribution in [1.29, 1.82) is 0 Å². The van der Waals surface area contributed by atoms with E-state index in [2.05, 4.69) is 23.9 Å². The fourth-order valence-electron chi connectivity index (χ4n) is 1.92. The Morgan fingerprint density at radius 2 is 1.89 bits per heavy atom. The van der Waals surface area contributed by atoms with E-state index in [1.807, 2.05) is 35.6 Å². The minimum absolute atomic E-state index is 0.185. The Bertz CT molecular complexity index is 418. The number of benzene rings is 1. The topological polar surface area (TPSA) is 72.0 Å². The summed E-state index contributed by atoms with van der Waals surface area (Å²) in [6.07, 6.45) is -0.723. The SMILES string of the molecule is COC(=O)NC(=O)C[NH2+][C@@H](c1ccccc1)C(C)C. The molecule has 0 saturated carbocycles. The molecule has 3 N–H and O–H groups in total. The highest BCUT2D eigenvalue weighted by atomic mass is 16.5. The van der Waals surface area contributed by atoms with Gasteiger partial charge in [0.15, 0.2) is 6.54 Å². The van der Waals surface area contributed by atoms with E-state index in [0.717, 1.165) is 0 Å². The van der Waals surface area contributed by atoms with Gasteiger partial charge in [-0.2, -0.15) is 0 Å². The molecule has 5 nitrogen and oxygen atoms in total. The van der Waals surface area contributed by atoms with Gasteiger partial charge in [0.2, 0.25) is 0 Å². The maximum absolute atomic E-state index is 11.5. The van der Waals surface area contributed by atoms with Crippen molar-refractivity contribution in [3.8, 4) is 0 Å². The maximum Gasteiger partial charge on any atom is 0.413 e. The average Bonchev–Trinajstić information content (AvgIpc) is 2.39. The number of hydrogen-bond acceptors (Lipinski definition) is 3. The molecular formula is C14H21N2O3+. The molecule has 0 bridgehead atoms. The van der Waals surface area contributed by atoms with Crippen LogP contribution in [0, 0.1) is 5.92 Å². The molecular weight excluding hydrogens is 244 g/mol. The smallest absolute Gasteiger partial charge is 0.413 e. The van der Waals surface area contributed by atoms with Crippen molar-refractivity contribution < 1.29 is 19.6 Å². The molecule has 0 fully saturated rings. The van der Waals surface area contributed by atoms with Crippen molar-refractivity contribution in [2.24, 2.45) is 5.92 Å². The highest BCUT2D eigenvalue weighted by Gasteiger charge is 2.20. The Morgan fingerprint density at radius 3 is 2.42 bits per heavy atom. The van der Waals surface area contributed by atoms with Crippen LogP contribution in [0.1, 0.15) is 25.5 Å². The first kappa shape index (κ1) is 15.2. The first-order chi connectivity index (χ1) is 9.04. The molecule has 5 heteroatoms. The zero-order valence-electron chi connectivity index (χ0n) is 11.6. The summed E-state index contributed by atoms with van der Waals surface area (Å²) in [6.45, 7) is 4.39. The number of nitrogens with one attached hydrogen (secondary N) is 1. The van der Waals surface area contributed by atoms with E-state index in [0.29, 0.717) is 5.92 Å². The highest BCUT2D eigenvalue weighted by Crippen LogP contribution is 2.16. The predicted molar refractivity (Wildman–Crippen MR) is 71.4 cm³/mol. The van der Waals surface area contributed by atoms with Crippen molar-refractivity contribution in [2.75, 3.05) is 13.7 Å². The van der Waals surface area contributed by atoms with E-state index < -0.39 is 6.09 Å². The number of carbonyl (C=O) groups excluding carboxylic acids is 2. The van der Waals surface area contributed by atoms with Crippen molar-refractivity contribution >= 4 is 12.0 Å². The number of imide groups is 1. The van der Waals surface area contributed by atoms with Gasteiger partial charge in [0.25, 0.3) is 5.91 Å². The monoisotopic (exact) mass is 265 g/mol. The minimum atomic E-state index is -0.723. The average molecular weight is 265 g/mol. The fraction of sp³-hybridized carbons (Fsp3) is 0.429. The molecule has 2 amide bonds. The van der Waals surface area contributed by atoms with Gasteiger partial charge in [-0.1, -0.05) is 44.2 Å².